The summed E-state index contributed by atoms with van der Waals surface area (Å²) in [6.45, 7) is 2.16. The predicted molar refractivity (Wildman–Crippen MR) is 70.7 cm³/mol. The minimum atomic E-state index is -3.54. The van der Waals surface area contributed by atoms with Crippen LogP contribution in [0.25, 0.3) is 0 Å². The van der Waals surface area contributed by atoms with Crippen molar-refractivity contribution in [3.8, 4) is 0 Å². The summed E-state index contributed by atoms with van der Waals surface area (Å²) in [5, 5.41) is 7.38. The first-order chi connectivity index (χ1) is 8.41. The second-order valence-corrected chi connectivity index (χ2v) is 8.03. The lowest BCUT2D eigenvalue weighted by Crippen LogP contribution is -2.39. The molecule has 0 bridgehead atoms. The van der Waals surface area contributed by atoms with E-state index in [1.54, 1.807) is 7.05 Å². The van der Waals surface area contributed by atoms with Gasteiger partial charge in [0.25, 0.3) is 10.0 Å². The fraction of sp³-hybridized carbons (Fsp3) is 0.800. The quantitative estimate of drug-likeness (QED) is 0.907. The van der Waals surface area contributed by atoms with E-state index in [0.717, 1.165) is 30.6 Å². The molecule has 6 nitrogen and oxygen atoms in total. The third-order valence-electron chi connectivity index (χ3n) is 3.44. The highest BCUT2D eigenvalue weighted by Gasteiger charge is 2.33. The van der Waals surface area contributed by atoms with Gasteiger partial charge >= 0.3 is 0 Å². The summed E-state index contributed by atoms with van der Waals surface area (Å²) in [5.41, 5.74) is 5.44. The maximum absolute atomic E-state index is 12.3. The predicted octanol–water partition coefficient (Wildman–Crippen LogP) is 1.32. The van der Waals surface area contributed by atoms with E-state index in [1.165, 1.54) is 10.7 Å². The second kappa shape index (κ2) is 5.10. The van der Waals surface area contributed by atoms with Crippen molar-refractivity contribution in [2.24, 2.45) is 5.92 Å². The Morgan fingerprint density at radius 2 is 2.11 bits per heavy atom. The highest BCUT2D eigenvalue weighted by atomic mass is 32.2. The van der Waals surface area contributed by atoms with Crippen LogP contribution in [-0.2, 0) is 10.0 Å². The molecule has 18 heavy (non-hydrogen) atoms. The Balaban J connectivity index is 2.19. The number of nitrogens with two attached hydrogens (primary N) is 1. The molecular weight excluding hydrogens is 272 g/mol. The molecule has 2 rings (SSSR count). The molecule has 0 aromatic carbocycles. The van der Waals surface area contributed by atoms with Gasteiger partial charge < -0.3 is 5.73 Å². The van der Waals surface area contributed by atoms with Crippen molar-refractivity contribution in [1.29, 1.82) is 0 Å². The van der Waals surface area contributed by atoms with Crippen LogP contribution in [0.3, 0.4) is 0 Å². The maximum atomic E-state index is 12.3. The van der Waals surface area contributed by atoms with Crippen LogP contribution in [0.4, 0.5) is 5.13 Å². The number of hydrogen-bond donors (Lipinski definition) is 1. The first kappa shape index (κ1) is 13.7. The standard InChI is InChI=1S/C10H18N4O2S2/c1-7-4-3-5-8(6-7)14(2)18(15,16)10-13-12-9(11)17-10/h7-8H,3-6H2,1-2H3,(H2,11,12). The lowest BCUT2D eigenvalue weighted by Gasteiger charge is -2.32. The summed E-state index contributed by atoms with van der Waals surface area (Å²) >= 11 is 0.914. The molecule has 1 heterocycles. The second-order valence-electron chi connectivity index (χ2n) is 4.85. The Hall–Kier alpha value is -0.730. The van der Waals surface area contributed by atoms with Gasteiger partial charge in [-0.1, -0.05) is 31.1 Å². The Morgan fingerprint density at radius 1 is 1.39 bits per heavy atom. The molecule has 0 saturated heterocycles. The zero-order chi connectivity index (χ0) is 13.3. The third-order valence-corrected chi connectivity index (χ3v) is 6.45. The number of nitrogen functional groups attached to an aromatic ring is 1. The minimum absolute atomic E-state index is 0.0132. The molecule has 2 N–H and O–H groups in total. The molecule has 1 aliphatic rings. The van der Waals surface area contributed by atoms with E-state index >= 15 is 0 Å². The van der Waals surface area contributed by atoms with Gasteiger partial charge in [0.15, 0.2) is 0 Å². The van der Waals surface area contributed by atoms with Gasteiger partial charge in [0.1, 0.15) is 0 Å². The van der Waals surface area contributed by atoms with Gasteiger partial charge in [-0.25, -0.2) is 8.42 Å². The van der Waals surface area contributed by atoms with E-state index in [9.17, 15) is 8.42 Å². The first-order valence-corrected chi connectivity index (χ1v) is 8.24. The molecule has 8 heteroatoms. The Bertz CT molecular complexity index is 514. The first-order valence-electron chi connectivity index (χ1n) is 5.98. The van der Waals surface area contributed by atoms with E-state index in [-0.39, 0.29) is 15.5 Å². The molecule has 102 valence electrons. The van der Waals surface area contributed by atoms with Crippen molar-refractivity contribution in [2.45, 2.75) is 43.0 Å². The monoisotopic (exact) mass is 290 g/mol. The summed E-state index contributed by atoms with van der Waals surface area (Å²) in [7, 11) is -1.92. The lowest BCUT2D eigenvalue weighted by atomic mass is 9.87. The van der Waals surface area contributed by atoms with Crippen molar-refractivity contribution in [3.05, 3.63) is 0 Å². The number of hydrogen-bond acceptors (Lipinski definition) is 6. The van der Waals surface area contributed by atoms with E-state index in [4.69, 9.17) is 5.73 Å². The van der Waals surface area contributed by atoms with Crippen molar-refractivity contribution < 1.29 is 8.42 Å². The Kier molecular flexibility index (Phi) is 3.88. The van der Waals surface area contributed by atoms with Crippen LogP contribution in [-0.4, -0.2) is 36.0 Å². The van der Waals surface area contributed by atoms with Gasteiger partial charge in [-0.15, -0.1) is 10.2 Å². The zero-order valence-electron chi connectivity index (χ0n) is 10.5. The molecule has 0 aliphatic heterocycles. The van der Waals surface area contributed by atoms with Crippen molar-refractivity contribution >= 4 is 26.5 Å². The van der Waals surface area contributed by atoms with Gasteiger partial charge in [0.2, 0.25) is 9.47 Å². The topological polar surface area (TPSA) is 89.2 Å². The van der Waals surface area contributed by atoms with Crippen LogP contribution in [0, 0.1) is 5.92 Å². The summed E-state index contributed by atoms with van der Waals surface area (Å²) in [6.07, 6.45) is 4.07. The number of sulfonamides is 1. The molecule has 2 unspecified atom stereocenters. The Morgan fingerprint density at radius 3 is 2.67 bits per heavy atom. The third kappa shape index (κ3) is 2.65. The number of nitrogens with zero attached hydrogens (tertiary/aromatic N) is 3. The molecule has 1 fully saturated rings. The van der Waals surface area contributed by atoms with E-state index in [0.29, 0.717) is 5.92 Å². The molecule has 0 radical (unpaired) electrons. The summed E-state index contributed by atoms with van der Waals surface area (Å²) < 4.78 is 26.1. The van der Waals surface area contributed by atoms with Crippen LogP contribution >= 0.6 is 11.3 Å². The average Bonchev–Trinajstić information content (AvgIpc) is 2.75. The SMILES string of the molecule is CC1CCCC(N(C)S(=O)(=O)c2nnc(N)s2)C1. The molecule has 0 spiro atoms. The molecule has 2 atom stereocenters. The Labute approximate surface area is 111 Å². The normalized spacial score (nSPS) is 25.5. The zero-order valence-corrected chi connectivity index (χ0v) is 12.2. The van der Waals surface area contributed by atoms with Gasteiger partial charge in [-0.05, 0) is 18.8 Å². The fourth-order valence-corrected chi connectivity index (χ4v) is 4.72. The van der Waals surface area contributed by atoms with Crippen LogP contribution in [0.1, 0.15) is 32.6 Å². The molecule has 1 aliphatic carbocycles. The van der Waals surface area contributed by atoms with Gasteiger partial charge in [0.05, 0.1) is 0 Å². The van der Waals surface area contributed by atoms with Crippen molar-refractivity contribution in [1.82, 2.24) is 14.5 Å². The number of anilines is 1. The fourth-order valence-electron chi connectivity index (χ4n) is 2.38. The largest absolute Gasteiger partial charge is 0.374 e. The van der Waals surface area contributed by atoms with Gasteiger partial charge in [-0.2, -0.15) is 4.31 Å². The van der Waals surface area contributed by atoms with E-state index in [2.05, 4.69) is 17.1 Å². The molecular formula is C10H18N4O2S2. The molecule has 1 aromatic rings. The van der Waals surface area contributed by atoms with Gasteiger partial charge in [0, 0.05) is 13.1 Å². The minimum Gasteiger partial charge on any atom is -0.374 e. The van der Waals surface area contributed by atoms with E-state index < -0.39 is 10.0 Å². The molecule has 1 aromatic heterocycles. The van der Waals surface area contributed by atoms with Crippen LogP contribution < -0.4 is 5.73 Å². The van der Waals surface area contributed by atoms with Crippen LogP contribution in [0.15, 0.2) is 4.34 Å². The summed E-state index contributed by atoms with van der Waals surface area (Å²) in [4.78, 5) is 0. The highest BCUT2D eigenvalue weighted by molar-refractivity contribution is 7.91. The summed E-state index contributed by atoms with van der Waals surface area (Å²) in [6, 6.07) is 0.0591. The molecule has 0 amide bonds. The van der Waals surface area contributed by atoms with Gasteiger partial charge in [-0.3, -0.25) is 0 Å². The number of aromatic nitrogens is 2. The average molecular weight is 290 g/mol. The van der Waals surface area contributed by atoms with Crippen molar-refractivity contribution in [3.63, 3.8) is 0 Å². The van der Waals surface area contributed by atoms with Crippen LogP contribution in [0.2, 0.25) is 0 Å². The highest BCUT2D eigenvalue weighted by Crippen LogP contribution is 2.30. The molecule has 1 saturated carbocycles. The lowest BCUT2D eigenvalue weighted by molar-refractivity contribution is 0.239. The van der Waals surface area contributed by atoms with E-state index in [1.807, 2.05) is 0 Å². The van der Waals surface area contributed by atoms with Crippen molar-refractivity contribution in [2.75, 3.05) is 12.8 Å². The summed E-state index contributed by atoms with van der Waals surface area (Å²) in [5.74, 6) is 0.570. The number of rotatable bonds is 3. The smallest absolute Gasteiger partial charge is 0.272 e. The van der Waals surface area contributed by atoms with Crippen LogP contribution in [0.5, 0.6) is 0 Å². The maximum Gasteiger partial charge on any atom is 0.272 e.